The highest BCUT2D eigenvalue weighted by atomic mass is 79.9. The lowest BCUT2D eigenvalue weighted by atomic mass is 9.95. The summed E-state index contributed by atoms with van der Waals surface area (Å²) in [6, 6.07) is 11.9. The van der Waals surface area contributed by atoms with Gasteiger partial charge in [0.25, 0.3) is 0 Å². The number of hydrogen-bond donors (Lipinski definition) is 1. The molecule has 1 atom stereocenters. The predicted molar refractivity (Wildman–Crippen MR) is 85.4 cm³/mol. The van der Waals surface area contributed by atoms with Crippen molar-refractivity contribution in [2.24, 2.45) is 5.73 Å². The van der Waals surface area contributed by atoms with Crippen molar-refractivity contribution in [2.45, 2.75) is 18.9 Å². The molecule has 1 aliphatic rings. The van der Waals surface area contributed by atoms with Gasteiger partial charge in [-0.1, -0.05) is 29.8 Å². The van der Waals surface area contributed by atoms with Crippen LogP contribution in [0.25, 0.3) is 0 Å². The third kappa shape index (κ3) is 2.71. The lowest BCUT2D eigenvalue weighted by molar-refractivity contribution is 0.288. The van der Waals surface area contributed by atoms with E-state index in [1.54, 1.807) is 0 Å². The van der Waals surface area contributed by atoms with Crippen LogP contribution < -0.4 is 10.5 Å². The lowest BCUT2D eigenvalue weighted by Gasteiger charge is -2.20. The molecule has 0 saturated heterocycles. The number of aryl methyl sites for hydroxylation is 1. The minimum Gasteiger partial charge on any atom is -0.493 e. The quantitative estimate of drug-likeness (QED) is 0.865. The first-order valence-electron chi connectivity index (χ1n) is 6.61. The number of nitrogens with two attached hydrogens (primary N) is 1. The molecule has 0 saturated carbocycles. The molecule has 1 unspecified atom stereocenters. The number of benzene rings is 2. The molecule has 0 spiro atoms. The third-order valence-electron chi connectivity index (χ3n) is 3.59. The molecule has 0 amide bonds. The summed E-state index contributed by atoms with van der Waals surface area (Å²) in [4.78, 5) is 0. The highest BCUT2D eigenvalue weighted by Gasteiger charge is 2.15. The molecule has 0 aliphatic carbocycles. The fraction of sp³-hybridized carbons (Fsp3) is 0.250. The normalized spacial score (nSPS) is 15.3. The van der Waals surface area contributed by atoms with E-state index in [4.69, 9.17) is 22.1 Å². The molecular weight excluding hydrogens is 338 g/mol. The van der Waals surface area contributed by atoms with Crippen molar-refractivity contribution in [3.05, 3.63) is 62.6 Å². The standard InChI is InChI=1S/C16H15BrClNO/c17-13-9-12(3-5-14(13)18)16(19)11-4-6-15-10(8-11)2-1-7-20-15/h3-6,8-9,16H,1-2,7,19H2. The van der Waals surface area contributed by atoms with Crippen molar-refractivity contribution in [3.8, 4) is 5.75 Å². The van der Waals surface area contributed by atoms with Crippen molar-refractivity contribution in [3.63, 3.8) is 0 Å². The fourth-order valence-corrected chi connectivity index (χ4v) is 2.99. The lowest BCUT2D eigenvalue weighted by Crippen LogP contribution is -2.14. The average Bonchev–Trinajstić information content (AvgIpc) is 2.49. The molecule has 2 aromatic rings. The van der Waals surface area contributed by atoms with Gasteiger partial charge in [-0.25, -0.2) is 0 Å². The number of fused-ring (bicyclic) bond motifs is 1. The monoisotopic (exact) mass is 351 g/mol. The van der Waals surface area contributed by atoms with Crippen LogP contribution in [0.5, 0.6) is 5.75 Å². The van der Waals surface area contributed by atoms with Crippen molar-refractivity contribution >= 4 is 27.5 Å². The fourth-order valence-electron chi connectivity index (χ4n) is 2.47. The van der Waals surface area contributed by atoms with Gasteiger partial charge in [0.15, 0.2) is 0 Å². The Bertz CT molecular complexity index is 644. The zero-order valence-electron chi connectivity index (χ0n) is 10.9. The highest BCUT2D eigenvalue weighted by Crippen LogP contribution is 2.31. The second-order valence-corrected chi connectivity index (χ2v) is 6.23. The van der Waals surface area contributed by atoms with Gasteiger partial charge >= 0.3 is 0 Å². The van der Waals surface area contributed by atoms with Gasteiger partial charge in [-0.3, -0.25) is 0 Å². The summed E-state index contributed by atoms with van der Waals surface area (Å²) in [6.07, 6.45) is 2.12. The van der Waals surface area contributed by atoms with E-state index in [1.165, 1.54) is 5.56 Å². The minimum atomic E-state index is -0.157. The van der Waals surface area contributed by atoms with Crippen molar-refractivity contribution in [1.29, 1.82) is 0 Å². The van der Waals surface area contributed by atoms with Crippen LogP contribution in [-0.2, 0) is 6.42 Å². The molecule has 1 aliphatic heterocycles. The van der Waals surface area contributed by atoms with Crippen LogP contribution >= 0.6 is 27.5 Å². The van der Waals surface area contributed by atoms with Gasteiger partial charge in [0.1, 0.15) is 5.75 Å². The van der Waals surface area contributed by atoms with E-state index < -0.39 is 0 Å². The van der Waals surface area contributed by atoms with Gasteiger partial charge < -0.3 is 10.5 Å². The number of rotatable bonds is 2. The van der Waals surface area contributed by atoms with E-state index in [0.717, 1.165) is 40.8 Å². The average molecular weight is 353 g/mol. The summed E-state index contributed by atoms with van der Waals surface area (Å²) in [6.45, 7) is 0.808. The molecule has 104 valence electrons. The Balaban J connectivity index is 1.93. The zero-order valence-corrected chi connectivity index (χ0v) is 13.2. The summed E-state index contributed by atoms with van der Waals surface area (Å²) < 4.78 is 6.50. The molecule has 2 aromatic carbocycles. The SMILES string of the molecule is NC(c1ccc(Cl)c(Br)c1)c1ccc2c(c1)CCCO2. The van der Waals surface area contributed by atoms with E-state index in [2.05, 4.69) is 22.0 Å². The summed E-state index contributed by atoms with van der Waals surface area (Å²) >= 11 is 9.46. The van der Waals surface area contributed by atoms with Gasteiger partial charge in [-0.05, 0) is 63.7 Å². The summed E-state index contributed by atoms with van der Waals surface area (Å²) in [5.74, 6) is 0.990. The van der Waals surface area contributed by atoms with Gasteiger partial charge in [-0.15, -0.1) is 0 Å². The van der Waals surface area contributed by atoms with E-state index >= 15 is 0 Å². The first kappa shape index (κ1) is 13.9. The molecule has 0 fully saturated rings. The van der Waals surface area contributed by atoms with Crippen LogP contribution in [0.3, 0.4) is 0 Å². The molecule has 20 heavy (non-hydrogen) atoms. The third-order valence-corrected chi connectivity index (χ3v) is 4.81. The van der Waals surface area contributed by atoms with Gasteiger partial charge in [0, 0.05) is 4.47 Å². The predicted octanol–water partition coefficient (Wildman–Crippen LogP) is 4.48. The Labute approximate surface area is 132 Å². The Hall–Kier alpha value is -1.03. The zero-order chi connectivity index (χ0) is 14.1. The molecule has 3 rings (SSSR count). The maximum atomic E-state index is 6.36. The topological polar surface area (TPSA) is 35.2 Å². The van der Waals surface area contributed by atoms with Crippen molar-refractivity contribution in [2.75, 3.05) is 6.61 Å². The maximum absolute atomic E-state index is 6.36. The van der Waals surface area contributed by atoms with E-state index in [0.29, 0.717) is 5.02 Å². The van der Waals surface area contributed by atoms with E-state index in [1.807, 2.05) is 30.3 Å². The molecule has 2 N–H and O–H groups in total. The second kappa shape index (κ2) is 5.76. The van der Waals surface area contributed by atoms with Crippen LogP contribution in [0.15, 0.2) is 40.9 Å². The minimum absolute atomic E-state index is 0.157. The van der Waals surface area contributed by atoms with Gasteiger partial charge in [0.2, 0.25) is 0 Å². The summed E-state index contributed by atoms with van der Waals surface area (Å²) in [5, 5.41) is 0.694. The Kier molecular flexibility index (Phi) is 4.01. The van der Waals surface area contributed by atoms with Crippen LogP contribution in [0, 0.1) is 0 Å². The maximum Gasteiger partial charge on any atom is 0.122 e. The number of hydrogen-bond acceptors (Lipinski definition) is 2. The smallest absolute Gasteiger partial charge is 0.122 e. The molecule has 2 nitrogen and oxygen atoms in total. The highest BCUT2D eigenvalue weighted by molar-refractivity contribution is 9.10. The molecule has 0 aromatic heterocycles. The molecule has 1 heterocycles. The number of halogens is 2. The summed E-state index contributed by atoms with van der Waals surface area (Å²) in [5.41, 5.74) is 9.75. The summed E-state index contributed by atoms with van der Waals surface area (Å²) in [7, 11) is 0. The Morgan fingerprint density at radius 2 is 1.90 bits per heavy atom. The second-order valence-electron chi connectivity index (χ2n) is 4.97. The van der Waals surface area contributed by atoms with Gasteiger partial charge in [0.05, 0.1) is 17.7 Å². The van der Waals surface area contributed by atoms with E-state index in [9.17, 15) is 0 Å². The Morgan fingerprint density at radius 3 is 2.70 bits per heavy atom. The Morgan fingerprint density at radius 1 is 1.15 bits per heavy atom. The van der Waals surface area contributed by atoms with Crippen molar-refractivity contribution in [1.82, 2.24) is 0 Å². The van der Waals surface area contributed by atoms with Gasteiger partial charge in [-0.2, -0.15) is 0 Å². The van der Waals surface area contributed by atoms with Crippen LogP contribution in [0.2, 0.25) is 5.02 Å². The molecule has 0 bridgehead atoms. The first-order valence-corrected chi connectivity index (χ1v) is 7.78. The first-order chi connectivity index (χ1) is 9.65. The molecule has 0 radical (unpaired) electrons. The number of ether oxygens (including phenoxy) is 1. The van der Waals surface area contributed by atoms with Crippen LogP contribution in [0.4, 0.5) is 0 Å². The van der Waals surface area contributed by atoms with E-state index in [-0.39, 0.29) is 6.04 Å². The molecular formula is C16H15BrClNO. The largest absolute Gasteiger partial charge is 0.493 e. The van der Waals surface area contributed by atoms with Crippen LogP contribution in [-0.4, -0.2) is 6.61 Å². The van der Waals surface area contributed by atoms with Crippen molar-refractivity contribution < 1.29 is 4.74 Å². The van der Waals surface area contributed by atoms with Crippen LogP contribution in [0.1, 0.15) is 29.2 Å². The molecule has 4 heteroatoms.